The van der Waals surface area contributed by atoms with Crippen LogP contribution < -0.4 is 15.8 Å². The van der Waals surface area contributed by atoms with Crippen molar-refractivity contribution in [1.29, 1.82) is 0 Å². The van der Waals surface area contributed by atoms with Crippen LogP contribution in [0.4, 0.5) is 10.1 Å². The lowest BCUT2D eigenvalue weighted by molar-refractivity contribution is 0.0848. The van der Waals surface area contributed by atoms with Gasteiger partial charge in [0, 0.05) is 35.4 Å². The molecular formula is C19H18FN3O2S. The number of thiophene rings is 1. The molecule has 0 aliphatic rings. The number of nitrogens with zero attached hydrogens (tertiary/aromatic N) is 1. The van der Waals surface area contributed by atoms with Crippen molar-refractivity contribution >= 4 is 38.9 Å². The summed E-state index contributed by atoms with van der Waals surface area (Å²) in [6.07, 6.45) is 0. The quantitative estimate of drug-likeness (QED) is 0.693. The second kappa shape index (κ2) is 7.13. The summed E-state index contributed by atoms with van der Waals surface area (Å²) in [5.41, 5.74) is 6.67. The molecule has 3 rings (SSSR count). The Bertz CT molecular complexity index is 998. The van der Waals surface area contributed by atoms with Crippen molar-refractivity contribution in [3.05, 3.63) is 64.3 Å². The topological polar surface area (TPSA) is 61.4 Å². The van der Waals surface area contributed by atoms with Gasteiger partial charge in [-0.25, -0.2) is 4.39 Å². The zero-order valence-electron chi connectivity index (χ0n) is 14.6. The third-order valence-corrected chi connectivity index (χ3v) is 5.28. The van der Waals surface area contributed by atoms with E-state index in [0.29, 0.717) is 26.1 Å². The Hall–Kier alpha value is -2.93. The van der Waals surface area contributed by atoms with Crippen LogP contribution in [0.15, 0.2) is 42.5 Å². The van der Waals surface area contributed by atoms with Gasteiger partial charge in [0.1, 0.15) is 5.82 Å². The maximum absolute atomic E-state index is 14.0. The molecule has 2 N–H and O–H groups in total. The molecule has 0 saturated heterocycles. The number of halogens is 1. The van der Waals surface area contributed by atoms with Crippen LogP contribution in [0.25, 0.3) is 10.1 Å². The molecule has 26 heavy (non-hydrogen) atoms. The van der Waals surface area contributed by atoms with E-state index in [0.717, 1.165) is 5.69 Å². The van der Waals surface area contributed by atoms with Crippen molar-refractivity contribution in [3.63, 3.8) is 0 Å². The molecule has 2 aromatic carbocycles. The van der Waals surface area contributed by atoms with Gasteiger partial charge in [-0.15, -0.1) is 11.3 Å². The number of benzene rings is 2. The summed E-state index contributed by atoms with van der Waals surface area (Å²) in [4.78, 5) is 26.9. The number of carbonyl (C=O) groups is 2. The minimum atomic E-state index is -0.472. The minimum Gasteiger partial charge on any atom is -0.378 e. The first-order valence-corrected chi connectivity index (χ1v) is 8.76. The Morgan fingerprint density at radius 1 is 1.04 bits per heavy atom. The van der Waals surface area contributed by atoms with Crippen LogP contribution in [0.1, 0.15) is 25.6 Å². The zero-order valence-corrected chi connectivity index (χ0v) is 15.4. The molecule has 0 fully saturated rings. The standard InChI is InChI=1S/C19H18FN3O2S/c1-11-16-14(20)8-5-9-15(16)26-17(11)19(25)22-21-18(24)12-6-4-7-13(10-12)23(2)3/h4-10H,1-3H3,(H,21,24)(H,22,25). The number of amides is 2. The molecule has 1 aromatic heterocycles. The highest BCUT2D eigenvalue weighted by Gasteiger charge is 2.18. The van der Waals surface area contributed by atoms with Gasteiger partial charge >= 0.3 is 0 Å². The lowest BCUT2D eigenvalue weighted by Gasteiger charge is -2.13. The van der Waals surface area contributed by atoms with Crippen LogP contribution in [0, 0.1) is 12.7 Å². The highest BCUT2D eigenvalue weighted by molar-refractivity contribution is 7.21. The van der Waals surface area contributed by atoms with E-state index in [2.05, 4.69) is 10.9 Å². The van der Waals surface area contributed by atoms with E-state index < -0.39 is 11.8 Å². The number of rotatable bonds is 3. The van der Waals surface area contributed by atoms with Gasteiger partial charge in [0.05, 0.1) is 4.88 Å². The van der Waals surface area contributed by atoms with Crippen LogP contribution in [0.3, 0.4) is 0 Å². The van der Waals surface area contributed by atoms with Crippen LogP contribution in [0.5, 0.6) is 0 Å². The summed E-state index contributed by atoms with van der Waals surface area (Å²) in [5.74, 6) is -1.26. The predicted molar refractivity (Wildman–Crippen MR) is 102 cm³/mol. The molecule has 0 atom stereocenters. The summed E-state index contributed by atoms with van der Waals surface area (Å²) in [6.45, 7) is 1.69. The van der Waals surface area contributed by atoms with Gasteiger partial charge in [-0.2, -0.15) is 0 Å². The Kier molecular flexibility index (Phi) is 4.90. The molecular weight excluding hydrogens is 353 g/mol. The van der Waals surface area contributed by atoms with Crippen LogP contribution in [-0.2, 0) is 0 Å². The van der Waals surface area contributed by atoms with Crippen molar-refractivity contribution < 1.29 is 14.0 Å². The summed E-state index contributed by atoms with van der Waals surface area (Å²) < 4.78 is 14.7. The van der Waals surface area contributed by atoms with E-state index in [-0.39, 0.29) is 5.82 Å². The number of carbonyl (C=O) groups excluding carboxylic acids is 2. The number of hydrogen-bond donors (Lipinski definition) is 2. The molecule has 0 bridgehead atoms. The smallest absolute Gasteiger partial charge is 0.280 e. The summed E-state index contributed by atoms with van der Waals surface area (Å²) in [5, 5.41) is 0.438. The van der Waals surface area contributed by atoms with E-state index in [1.165, 1.54) is 17.4 Å². The van der Waals surface area contributed by atoms with Crippen molar-refractivity contribution in [3.8, 4) is 0 Å². The zero-order chi connectivity index (χ0) is 18.8. The number of fused-ring (bicyclic) bond motifs is 1. The Labute approximate surface area is 154 Å². The third-order valence-electron chi connectivity index (χ3n) is 4.02. The maximum Gasteiger partial charge on any atom is 0.280 e. The molecule has 0 saturated carbocycles. The summed E-state index contributed by atoms with van der Waals surface area (Å²) in [6, 6.07) is 11.8. The number of aryl methyl sites for hydroxylation is 1. The molecule has 2 amide bonds. The number of anilines is 1. The fourth-order valence-corrected chi connectivity index (χ4v) is 3.76. The first-order valence-electron chi connectivity index (χ1n) is 7.94. The average Bonchev–Trinajstić information content (AvgIpc) is 2.97. The van der Waals surface area contributed by atoms with Gasteiger partial charge < -0.3 is 4.90 Å². The molecule has 3 aromatic rings. The van der Waals surface area contributed by atoms with E-state index in [4.69, 9.17) is 0 Å². The molecule has 0 radical (unpaired) electrons. The maximum atomic E-state index is 14.0. The van der Waals surface area contributed by atoms with Gasteiger partial charge in [0.15, 0.2) is 0 Å². The van der Waals surface area contributed by atoms with Crippen LogP contribution in [-0.4, -0.2) is 25.9 Å². The number of hydrogen-bond acceptors (Lipinski definition) is 4. The fraction of sp³-hybridized carbons (Fsp3) is 0.158. The first-order chi connectivity index (χ1) is 12.4. The van der Waals surface area contributed by atoms with Gasteiger partial charge in [0.25, 0.3) is 11.8 Å². The predicted octanol–water partition coefficient (Wildman–Crippen LogP) is 3.49. The van der Waals surface area contributed by atoms with Crippen molar-refractivity contribution in [2.75, 3.05) is 19.0 Å². The van der Waals surface area contributed by atoms with Gasteiger partial charge in [-0.1, -0.05) is 12.1 Å². The fourth-order valence-electron chi connectivity index (χ4n) is 2.64. The van der Waals surface area contributed by atoms with E-state index in [1.54, 1.807) is 37.3 Å². The molecule has 7 heteroatoms. The van der Waals surface area contributed by atoms with Crippen molar-refractivity contribution in [2.24, 2.45) is 0 Å². The van der Waals surface area contributed by atoms with Gasteiger partial charge in [0.2, 0.25) is 0 Å². The minimum absolute atomic E-state index is 0.361. The Morgan fingerprint density at radius 3 is 2.42 bits per heavy atom. The first kappa shape index (κ1) is 17.9. The van der Waals surface area contributed by atoms with Gasteiger partial charge in [-0.3, -0.25) is 20.4 Å². The molecule has 1 heterocycles. The van der Waals surface area contributed by atoms with E-state index in [1.807, 2.05) is 25.1 Å². The lowest BCUT2D eigenvalue weighted by Crippen LogP contribution is -2.41. The summed E-state index contributed by atoms with van der Waals surface area (Å²) >= 11 is 1.19. The second-order valence-electron chi connectivity index (χ2n) is 6.02. The van der Waals surface area contributed by atoms with Crippen LogP contribution >= 0.6 is 11.3 Å². The van der Waals surface area contributed by atoms with E-state index in [9.17, 15) is 14.0 Å². The lowest BCUT2D eigenvalue weighted by atomic mass is 10.1. The molecule has 134 valence electrons. The molecule has 0 aliphatic carbocycles. The Morgan fingerprint density at radius 2 is 1.73 bits per heavy atom. The number of hydrazine groups is 1. The normalized spacial score (nSPS) is 10.6. The van der Waals surface area contributed by atoms with Crippen molar-refractivity contribution in [2.45, 2.75) is 6.92 Å². The monoisotopic (exact) mass is 371 g/mol. The SMILES string of the molecule is Cc1c(C(=O)NNC(=O)c2cccc(N(C)C)c2)sc2cccc(F)c12. The largest absolute Gasteiger partial charge is 0.378 e. The summed E-state index contributed by atoms with van der Waals surface area (Å²) in [7, 11) is 3.75. The molecule has 0 aliphatic heterocycles. The molecule has 5 nitrogen and oxygen atoms in total. The second-order valence-corrected chi connectivity index (χ2v) is 7.07. The van der Waals surface area contributed by atoms with Crippen molar-refractivity contribution in [1.82, 2.24) is 10.9 Å². The third kappa shape index (κ3) is 3.39. The van der Waals surface area contributed by atoms with Crippen LogP contribution in [0.2, 0.25) is 0 Å². The average molecular weight is 371 g/mol. The highest BCUT2D eigenvalue weighted by Crippen LogP contribution is 2.32. The Balaban J connectivity index is 1.75. The van der Waals surface area contributed by atoms with Gasteiger partial charge in [-0.05, 0) is 42.8 Å². The highest BCUT2D eigenvalue weighted by atomic mass is 32.1. The number of nitrogens with one attached hydrogen (secondary N) is 2. The molecule has 0 spiro atoms. The molecule has 0 unspecified atom stereocenters. The van der Waals surface area contributed by atoms with E-state index >= 15 is 0 Å².